The van der Waals surface area contributed by atoms with Crippen LogP contribution in [0.3, 0.4) is 0 Å². The third-order valence-corrected chi connectivity index (χ3v) is 4.85. The summed E-state index contributed by atoms with van der Waals surface area (Å²) in [6.45, 7) is -0.0901. The van der Waals surface area contributed by atoms with E-state index in [2.05, 4.69) is 24.0 Å². The number of benzene rings is 1. The molecule has 98 valence electrons. The average Bonchev–Trinajstić information content (AvgIpc) is 2.86. The molecule has 0 spiro atoms. The largest absolute Gasteiger partial charge is 0.384 e. The Morgan fingerprint density at radius 2 is 1.95 bits per heavy atom. The van der Waals surface area contributed by atoms with Crippen LogP contribution in [0.2, 0.25) is 5.02 Å². The number of rotatable bonds is 4. The second kappa shape index (κ2) is 7.62. The van der Waals surface area contributed by atoms with Gasteiger partial charge < -0.3 is 5.11 Å². The number of hydrogen-bond donors (Lipinski definition) is 1. The molecule has 0 radical (unpaired) electrons. The zero-order valence-corrected chi connectivity index (χ0v) is 12.6. The van der Waals surface area contributed by atoms with Crippen molar-refractivity contribution in [3.05, 3.63) is 56.7 Å². The smallest absolute Gasteiger partial charge is 0.104 e. The van der Waals surface area contributed by atoms with E-state index in [9.17, 15) is 0 Å². The Labute approximate surface area is 126 Å². The maximum atomic E-state index is 8.72. The molecule has 19 heavy (non-hydrogen) atoms. The Morgan fingerprint density at radius 3 is 2.68 bits per heavy atom. The fourth-order valence-electron chi connectivity index (χ4n) is 1.54. The van der Waals surface area contributed by atoms with Crippen LogP contribution in [0.25, 0.3) is 0 Å². The molecule has 1 nitrogen and oxygen atoms in total. The second-order valence-electron chi connectivity index (χ2n) is 3.84. The predicted molar refractivity (Wildman–Crippen MR) is 84.7 cm³/mol. The minimum absolute atomic E-state index is 0.0901. The molecule has 0 amide bonds. The number of aliphatic hydroxyl groups is 1. The topological polar surface area (TPSA) is 20.2 Å². The lowest BCUT2D eigenvalue weighted by atomic mass is 10.2. The van der Waals surface area contributed by atoms with Crippen LogP contribution >= 0.6 is 34.7 Å². The summed E-state index contributed by atoms with van der Waals surface area (Å²) in [5.41, 5.74) is 2.30. The molecule has 2 aromatic rings. The van der Waals surface area contributed by atoms with Gasteiger partial charge in [-0.15, -0.1) is 11.3 Å². The lowest BCUT2D eigenvalue weighted by molar-refractivity contribution is 0.350. The average molecular weight is 309 g/mol. The minimum Gasteiger partial charge on any atom is -0.384 e. The third kappa shape index (κ3) is 4.59. The summed E-state index contributed by atoms with van der Waals surface area (Å²) in [4.78, 5) is 1.26. The second-order valence-corrected chi connectivity index (χ2v) is 6.26. The summed E-state index contributed by atoms with van der Waals surface area (Å²) in [6.07, 6.45) is 0. The van der Waals surface area contributed by atoms with Crippen LogP contribution in [0.5, 0.6) is 0 Å². The molecule has 2 rings (SSSR count). The molecule has 0 aliphatic carbocycles. The molecule has 4 heteroatoms. The van der Waals surface area contributed by atoms with Crippen molar-refractivity contribution >= 4 is 34.7 Å². The monoisotopic (exact) mass is 308 g/mol. The fraction of sp³-hybridized carbons (Fsp3) is 0.200. The van der Waals surface area contributed by atoms with Crippen LogP contribution in [-0.2, 0) is 11.5 Å². The van der Waals surface area contributed by atoms with Gasteiger partial charge >= 0.3 is 0 Å². The number of aliphatic hydroxyl groups excluding tert-OH is 1. The number of thiophene rings is 1. The maximum Gasteiger partial charge on any atom is 0.104 e. The van der Waals surface area contributed by atoms with Crippen LogP contribution in [0, 0.1) is 11.8 Å². The van der Waals surface area contributed by atoms with Crippen LogP contribution in [-0.4, -0.2) is 11.7 Å². The van der Waals surface area contributed by atoms with Crippen LogP contribution in [0.1, 0.15) is 16.0 Å². The van der Waals surface area contributed by atoms with Gasteiger partial charge in [-0.05, 0) is 29.1 Å². The number of hydrogen-bond acceptors (Lipinski definition) is 3. The molecule has 0 unspecified atom stereocenters. The van der Waals surface area contributed by atoms with E-state index in [1.165, 1.54) is 10.4 Å². The van der Waals surface area contributed by atoms with Gasteiger partial charge in [0.15, 0.2) is 0 Å². The molecule has 0 aliphatic heterocycles. The molecular weight excluding hydrogens is 296 g/mol. The first-order valence-electron chi connectivity index (χ1n) is 5.78. The van der Waals surface area contributed by atoms with Gasteiger partial charge in [0.05, 0.1) is 0 Å². The quantitative estimate of drug-likeness (QED) is 0.855. The van der Waals surface area contributed by atoms with Crippen molar-refractivity contribution in [2.24, 2.45) is 0 Å². The maximum absolute atomic E-state index is 8.72. The van der Waals surface area contributed by atoms with E-state index in [0.717, 1.165) is 22.1 Å². The summed E-state index contributed by atoms with van der Waals surface area (Å²) in [6, 6.07) is 9.94. The normalized spacial score (nSPS) is 10.0. The summed E-state index contributed by atoms with van der Waals surface area (Å²) in [5.74, 6) is 7.57. The van der Waals surface area contributed by atoms with Crippen LogP contribution in [0.15, 0.2) is 35.7 Å². The number of halogens is 1. The van der Waals surface area contributed by atoms with Gasteiger partial charge in [0.2, 0.25) is 0 Å². The summed E-state index contributed by atoms with van der Waals surface area (Å²) in [5, 5.41) is 11.5. The molecule has 0 fully saturated rings. The van der Waals surface area contributed by atoms with E-state index in [4.69, 9.17) is 16.7 Å². The van der Waals surface area contributed by atoms with Crippen molar-refractivity contribution in [2.75, 3.05) is 6.61 Å². The van der Waals surface area contributed by atoms with E-state index < -0.39 is 0 Å². The van der Waals surface area contributed by atoms with Gasteiger partial charge in [0.25, 0.3) is 0 Å². The first-order chi connectivity index (χ1) is 9.29. The fourth-order valence-corrected chi connectivity index (χ4v) is 3.67. The zero-order chi connectivity index (χ0) is 13.5. The molecule has 1 N–H and O–H groups in total. The van der Waals surface area contributed by atoms with E-state index >= 15 is 0 Å². The van der Waals surface area contributed by atoms with Gasteiger partial charge in [-0.3, -0.25) is 0 Å². The minimum atomic E-state index is -0.0901. The highest BCUT2D eigenvalue weighted by atomic mass is 35.5. The first-order valence-corrected chi connectivity index (χ1v) is 8.19. The SMILES string of the molecule is OCC#Cc1ccsc1CSCc1ccc(Cl)cc1. The van der Waals surface area contributed by atoms with Crippen molar-refractivity contribution in [1.29, 1.82) is 0 Å². The molecule has 1 heterocycles. The van der Waals surface area contributed by atoms with Crippen molar-refractivity contribution < 1.29 is 5.11 Å². The van der Waals surface area contributed by atoms with Crippen molar-refractivity contribution in [3.8, 4) is 11.8 Å². The van der Waals surface area contributed by atoms with E-state index in [-0.39, 0.29) is 6.61 Å². The van der Waals surface area contributed by atoms with Crippen LogP contribution < -0.4 is 0 Å². The van der Waals surface area contributed by atoms with Crippen LogP contribution in [0.4, 0.5) is 0 Å². The Hall–Kier alpha value is -0.920. The van der Waals surface area contributed by atoms with Gasteiger partial charge in [-0.1, -0.05) is 35.6 Å². The van der Waals surface area contributed by atoms with Gasteiger partial charge in [0, 0.05) is 27.0 Å². The van der Waals surface area contributed by atoms with E-state index in [1.807, 2.05) is 35.3 Å². The van der Waals surface area contributed by atoms with E-state index in [0.29, 0.717) is 0 Å². The summed E-state index contributed by atoms with van der Waals surface area (Å²) < 4.78 is 0. The Balaban J connectivity index is 1.89. The molecule has 0 aliphatic rings. The third-order valence-electron chi connectivity index (χ3n) is 2.46. The van der Waals surface area contributed by atoms with Gasteiger partial charge in [-0.2, -0.15) is 11.8 Å². The Morgan fingerprint density at radius 1 is 1.16 bits per heavy atom. The molecule has 1 aromatic carbocycles. The highest BCUT2D eigenvalue weighted by molar-refractivity contribution is 7.97. The highest BCUT2D eigenvalue weighted by Gasteiger charge is 2.02. The molecule has 0 saturated heterocycles. The highest BCUT2D eigenvalue weighted by Crippen LogP contribution is 2.24. The van der Waals surface area contributed by atoms with Crippen molar-refractivity contribution in [2.45, 2.75) is 11.5 Å². The van der Waals surface area contributed by atoms with Crippen molar-refractivity contribution in [3.63, 3.8) is 0 Å². The molecule has 0 atom stereocenters. The number of thioether (sulfide) groups is 1. The predicted octanol–water partition coefficient (Wildman–Crippen LogP) is 4.18. The van der Waals surface area contributed by atoms with Gasteiger partial charge in [0.1, 0.15) is 6.61 Å². The standard InChI is InChI=1S/C15H13ClOS2/c16-14-5-3-12(4-6-14)10-18-11-15-13(2-1-8-17)7-9-19-15/h3-7,9,17H,8,10-11H2. The summed E-state index contributed by atoms with van der Waals surface area (Å²) in [7, 11) is 0. The molecule has 0 bridgehead atoms. The molecular formula is C15H13ClOS2. The Kier molecular flexibility index (Phi) is 5.81. The first kappa shape index (κ1) is 14.5. The summed E-state index contributed by atoms with van der Waals surface area (Å²) >= 11 is 9.42. The Bertz CT molecular complexity index is 578. The van der Waals surface area contributed by atoms with Gasteiger partial charge in [-0.25, -0.2) is 0 Å². The zero-order valence-electron chi connectivity index (χ0n) is 10.2. The van der Waals surface area contributed by atoms with Crippen molar-refractivity contribution in [1.82, 2.24) is 0 Å². The van der Waals surface area contributed by atoms with E-state index in [1.54, 1.807) is 11.3 Å². The molecule has 1 aromatic heterocycles. The lowest BCUT2D eigenvalue weighted by Crippen LogP contribution is -1.84. The molecule has 0 saturated carbocycles. The lowest BCUT2D eigenvalue weighted by Gasteiger charge is -2.01.